The highest BCUT2D eigenvalue weighted by atomic mass is 16.5. The first kappa shape index (κ1) is 12.1. The molecule has 0 spiro atoms. The maximum absolute atomic E-state index is 5.32. The summed E-state index contributed by atoms with van der Waals surface area (Å²) in [6.45, 7) is 5.47. The number of methoxy groups -OCH3 is 1. The lowest BCUT2D eigenvalue weighted by molar-refractivity contribution is 0.406. The number of benzene rings is 1. The largest absolute Gasteiger partial charge is 0.496 e. The van der Waals surface area contributed by atoms with Crippen molar-refractivity contribution in [3.8, 4) is 5.75 Å². The van der Waals surface area contributed by atoms with Gasteiger partial charge in [-0.15, -0.1) is 0 Å². The van der Waals surface area contributed by atoms with Gasteiger partial charge in [0.25, 0.3) is 0 Å². The van der Waals surface area contributed by atoms with E-state index < -0.39 is 0 Å². The van der Waals surface area contributed by atoms with Gasteiger partial charge in [0.15, 0.2) is 0 Å². The molecule has 1 atom stereocenters. The zero-order chi connectivity index (χ0) is 11.1. The van der Waals surface area contributed by atoms with Crippen LogP contribution in [0.1, 0.15) is 25.8 Å². The van der Waals surface area contributed by atoms with Gasteiger partial charge >= 0.3 is 0 Å². The summed E-state index contributed by atoms with van der Waals surface area (Å²) in [6, 6.07) is 8.71. The molecule has 0 saturated heterocycles. The minimum Gasteiger partial charge on any atom is -0.496 e. The van der Waals surface area contributed by atoms with Crippen molar-refractivity contribution in [1.82, 2.24) is 5.32 Å². The van der Waals surface area contributed by atoms with E-state index in [-0.39, 0.29) is 0 Å². The van der Waals surface area contributed by atoms with Crippen LogP contribution in [0.3, 0.4) is 0 Å². The highest BCUT2D eigenvalue weighted by molar-refractivity contribution is 5.33. The summed E-state index contributed by atoms with van der Waals surface area (Å²) in [7, 11) is 1.73. The van der Waals surface area contributed by atoms with Crippen molar-refractivity contribution < 1.29 is 4.74 Å². The first-order valence-electron chi connectivity index (χ1n) is 5.63. The van der Waals surface area contributed by atoms with Crippen LogP contribution in [0.5, 0.6) is 5.75 Å². The molecule has 1 aromatic carbocycles. The Morgan fingerprint density at radius 2 is 2.07 bits per heavy atom. The Bertz CT molecular complexity index is 286. The van der Waals surface area contributed by atoms with Gasteiger partial charge in [0.05, 0.1) is 7.11 Å². The summed E-state index contributed by atoms with van der Waals surface area (Å²) in [5.41, 5.74) is 1.27. The molecule has 15 heavy (non-hydrogen) atoms. The van der Waals surface area contributed by atoms with Crippen molar-refractivity contribution in [3.05, 3.63) is 29.8 Å². The number of hydrogen-bond donors (Lipinski definition) is 1. The average molecular weight is 207 g/mol. The number of nitrogens with one attached hydrogen (secondary N) is 1. The Morgan fingerprint density at radius 1 is 1.33 bits per heavy atom. The lowest BCUT2D eigenvalue weighted by Crippen LogP contribution is -2.28. The van der Waals surface area contributed by atoms with Crippen LogP contribution in [0.25, 0.3) is 0 Å². The molecule has 0 aliphatic rings. The van der Waals surface area contributed by atoms with Crippen LogP contribution in [0, 0.1) is 0 Å². The van der Waals surface area contributed by atoms with Crippen molar-refractivity contribution >= 4 is 0 Å². The Balaban J connectivity index is 2.55. The molecular formula is C13H21NO. The van der Waals surface area contributed by atoms with Crippen LogP contribution in [-0.4, -0.2) is 19.7 Å². The molecule has 0 saturated carbocycles. The van der Waals surface area contributed by atoms with Gasteiger partial charge in [0, 0.05) is 6.04 Å². The lowest BCUT2D eigenvalue weighted by atomic mass is 10.1. The van der Waals surface area contributed by atoms with E-state index in [0.717, 1.165) is 18.7 Å². The van der Waals surface area contributed by atoms with Gasteiger partial charge in [0.2, 0.25) is 0 Å². The van der Waals surface area contributed by atoms with E-state index in [1.165, 1.54) is 12.0 Å². The standard InChI is InChI=1S/C13H21NO/c1-4-9-14-11(2)10-12-7-5-6-8-13(12)15-3/h5-8,11,14H,4,9-10H2,1-3H3/t11-/m0/s1. The van der Waals surface area contributed by atoms with Gasteiger partial charge in [-0.1, -0.05) is 25.1 Å². The highest BCUT2D eigenvalue weighted by Gasteiger charge is 2.06. The molecule has 2 heteroatoms. The summed E-state index contributed by atoms with van der Waals surface area (Å²) in [4.78, 5) is 0. The maximum atomic E-state index is 5.32. The van der Waals surface area contributed by atoms with Crippen molar-refractivity contribution in [2.45, 2.75) is 32.7 Å². The monoisotopic (exact) mass is 207 g/mol. The van der Waals surface area contributed by atoms with Crippen LogP contribution in [-0.2, 0) is 6.42 Å². The molecule has 1 aromatic rings. The second-order valence-electron chi connectivity index (χ2n) is 3.87. The number of ether oxygens (including phenoxy) is 1. The molecule has 0 unspecified atom stereocenters. The first-order valence-corrected chi connectivity index (χ1v) is 5.63. The number of hydrogen-bond acceptors (Lipinski definition) is 2. The van der Waals surface area contributed by atoms with Crippen LogP contribution in [0.4, 0.5) is 0 Å². The van der Waals surface area contributed by atoms with E-state index in [1.54, 1.807) is 7.11 Å². The second-order valence-corrected chi connectivity index (χ2v) is 3.87. The van der Waals surface area contributed by atoms with Gasteiger partial charge in [-0.05, 0) is 37.9 Å². The van der Waals surface area contributed by atoms with Crippen LogP contribution in [0.15, 0.2) is 24.3 Å². The average Bonchev–Trinajstić information content (AvgIpc) is 2.27. The molecule has 0 heterocycles. The molecule has 0 bridgehead atoms. The summed E-state index contributed by atoms with van der Waals surface area (Å²) < 4.78 is 5.32. The van der Waals surface area contributed by atoms with Crippen LogP contribution in [0.2, 0.25) is 0 Å². The van der Waals surface area contributed by atoms with Crippen molar-refractivity contribution in [3.63, 3.8) is 0 Å². The van der Waals surface area contributed by atoms with Gasteiger partial charge in [-0.25, -0.2) is 0 Å². The third-order valence-corrected chi connectivity index (χ3v) is 2.46. The second kappa shape index (κ2) is 6.46. The van der Waals surface area contributed by atoms with E-state index in [9.17, 15) is 0 Å². The predicted molar refractivity (Wildman–Crippen MR) is 64.5 cm³/mol. The molecule has 0 aromatic heterocycles. The van der Waals surface area contributed by atoms with Crippen LogP contribution >= 0.6 is 0 Å². The number of para-hydroxylation sites is 1. The van der Waals surface area contributed by atoms with E-state index in [0.29, 0.717) is 6.04 Å². The van der Waals surface area contributed by atoms with Gasteiger partial charge in [-0.3, -0.25) is 0 Å². The van der Waals surface area contributed by atoms with E-state index in [4.69, 9.17) is 4.74 Å². The molecule has 2 nitrogen and oxygen atoms in total. The summed E-state index contributed by atoms with van der Waals surface area (Å²) in [6.07, 6.45) is 2.19. The third kappa shape index (κ3) is 3.92. The van der Waals surface area contributed by atoms with Gasteiger partial charge in [-0.2, -0.15) is 0 Å². The summed E-state index contributed by atoms with van der Waals surface area (Å²) in [5.74, 6) is 0.989. The normalized spacial score (nSPS) is 12.5. The third-order valence-electron chi connectivity index (χ3n) is 2.46. The summed E-state index contributed by atoms with van der Waals surface area (Å²) in [5, 5.41) is 3.48. The molecule has 1 N–H and O–H groups in total. The van der Waals surface area contributed by atoms with Crippen LogP contribution < -0.4 is 10.1 Å². The predicted octanol–water partition coefficient (Wildman–Crippen LogP) is 2.63. The van der Waals surface area contributed by atoms with E-state index in [1.807, 2.05) is 12.1 Å². The topological polar surface area (TPSA) is 21.3 Å². The van der Waals surface area contributed by atoms with Gasteiger partial charge < -0.3 is 10.1 Å². The quantitative estimate of drug-likeness (QED) is 0.774. The zero-order valence-corrected chi connectivity index (χ0v) is 9.92. The fourth-order valence-corrected chi connectivity index (χ4v) is 1.66. The molecule has 0 amide bonds. The Labute approximate surface area is 92.6 Å². The molecule has 0 aliphatic carbocycles. The van der Waals surface area contributed by atoms with Crippen molar-refractivity contribution in [1.29, 1.82) is 0 Å². The van der Waals surface area contributed by atoms with E-state index >= 15 is 0 Å². The Hall–Kier alpha value is -1.02. The Kier molecular flexibility index (Phi) is 5.19. The van der Waals surface area contributed by atoms with Gasteiger partial charge in [0.1, 0.15) is 5.75 Å². The number of rotatable bonds is 6. The smallest absolute Gasteiger partial charge is 0.122 e. The molecule has 1 rings (SSSR count). The first-order chi connectivity index (χ1) is 7.27. The summed E-state index contributed by atoms with van der Waals surface area (Å²) >= 11 is 0. The fourth-order valence-electron chi connectivity index (χ4n) is 1.66. The zero-order valence-electron chi connectivity index (χ0n) is 9.92. The van der Waals surface area contributed by atoms with Crippen molar-refractivity contribution in [2.75, 3.05) is 13.7 Å². The van der Waals surface area contributed by atoms with E-state index in [2.05, 4.69) is 31.3 Å². The Morgan fingerprint density at radius 3 is 2.73 bits per heavy atom. The minimum absolute atomic E-state index is 0.501. The lowest BCUT2D eigenvalue weighted by Gasteiger charge is -2.15. The molecule has 0 aliphatic heterocycles. The molecule has 0 radical (unpaired) electrons. The fraction of sp³-hybridized carbons (Fsp3) is 0.538. The minimum atomic E-state index is 0.501. The van der Waals surface area contributed by atoms with Crippen molar-refractivity contribution in [2.24, 2.45) is 0 Å². The molecule has 84 valence electrons. The highest BCUT2D eigenvalue weighted by Crippen LogP contribution is 2.18. The maximum Gasteiger partial charge on any atom is 0.122 e. The molecular weight excluding hydrogens is 186 g/mol. The molecule has 0 fully saturated rings. The SMILES string of the molecule is CCCN[C@@H](C)Cc1ccccc1OC.